The maximum absolute atomic E-state index is 10.8. The lowest BCUT2D eigenvalue weighted by atomic mass is 10.1. The molecule has 0 unspecified atom stereocenters. The monoisotopic (exact) mass is 230 g/mol. The van der Waals surface area contributed by atoms with Crippen LogP contribution in [-0.2, 0) is 10.2 Å². The molecule has 5 nitrogen and oxygen atoms in total. The highest BCUT2D eigenvalue weighted by Crippen LogP contribution is 2.17. The van der Waals surface area contributed by atoms with Crippen LogP contribution in [0.5, 0.6) is 5.75 Å². The molecule has 1 aromatic carbocycles. The number of methoxy groups -OCH3 is 1. The lowest BCUT2D eigenvalue weighted by Gasteiger charge is -2.12. The van der Waals surface area contributed by atoms with Crippen LogP contribution in [0, 0.1) is 0 Å². The normalized spacial score (nSPS) is 13.5. The highest BCUT2D eigenvalue weighted by Gasteiger charge is 2.10. The first-order valence-corrected chi connectivity index (χ1v) is 5.91. The molecule has 0 aromatic heterocycles. The van der Waals surface area contributed by atoms with Crippen molar-refractivity contribution in [2.75, 3.05) is 7.11 Å². The zero-order valence-corrected chi connectivity index (χ0v) is 9.41. The smallest absolute Gasteiger partial charge is 0.274 e. The largest absolute Gasteiger partial charge is 0.497 e. The van der Waals surface area contributed by atoms with Crippen LogP contribution < -0.4 is 14.6 Å². The van der Waals surface area contributed by atoms with Crippen LogP contribution in [0.15, 0.2) is 24.3 Å². The molecular weight excluding hydrogens is 216 g/mol. The van der Waals surface area contributed by atoms with Crippen LogP contribution in [0.4, 0.5) is 0 Å². The number of nitrogens with one attached hydrogen (secondary N) is 1. The minimum atomic E-state index is -3.67. The molecule has 15 heavy (non-hydrogen) atoms. The van der Waals surface area contributed by atoms with Crippen LogP contribution in [0.1, 0.15) is 18.5 Å². The molecule has 0 saturated heterocycles. The Hall–Kier alpha value is -1.11. The van der Waals surface area contributed by atoms with Gasteiger partial charge in [-0.05, 0) is 24.6 Å². The van der Waals surface area contributed by atoms with Crippen molar-refractivity contribution in [3.63, 3.8) is 0 Å². The number of ether oxygens (including phenoxy) is 1. The molecular formula is C9H14N2O3S. The average Bonchev–Trinajstić information content (AvgIpc) is 2.15. The third kappa shape index (κ3) is 3.86. The molecule has 3 N–H and O–H groups in total. The Bertz CT molecular complexity index is 413. The second-order valence-corrected chi connectivity index (χ2v) is 4.48. The van der Waals surface area contributed by atoms with Crippen LogP contribution in [0.3, 0.4) is 0 Å². The second-order valence-electron chi connectivity index (χ2n) is 3.16. The van der Waals surface area contributed by atoms with E-state index in [9.17, 15) is 8.42 Å². The van der Waals surface area contributed by atoms with E-state index in [1.165, 1.54) is 0 Å². The van der Waals surface area contributed by atoms with Crippen molar-refractivity contribution in [2.45, 2.75) is 13.0 Å². The molecule has 0 amide bonds. The molecule has 1 rings (SSSR count). The second kappa shape index (κ2) is 4.61. The summed E-state index contributed by atoms with van der Waals surface area (Å²) < 4.78 is 28.8. The predicted octanol–water partition coefficient (Wildman–Crippen LogP) is 0.549. The number of rotatable bonds is 4. The quantitative estimate of drug-likeness (QED) is 0.792. The van der Waals surface area contributed by atoms with E-state index in [0.29, 0.717) is 0 Å². The summed E-state index contributed by atoms with van der Waals surface area (Å²) in [6.07, 6.45) is 0. The van der Waals surface area contributed by atoms with E-state index in [0.717, 1.165) is 11.3 Å². The Morgan fingerprint density at radius 3 is 2.27 bits per heavy atom. The van der Waals surface area contributed by atoms with Gasteiger partial charge in [0.25, 0.3) is 10.2 Å². The fourth-order valence-corrected chi connectivity index (χ4v) is 1.84. The summed E-state index contributed by atoms with van der Waals surface area (Å²) in [7, 11) is -2.10. The topological polar surface area (TPSA) is 81.4 Å². The van der Waals surface area contributed by atoms with E-state index in [-0.39, 0.29) is 6.04 Å². The van der Waals surface area contributed by atoms with Gasteiger partial charge >= 0.3 is 0 Å². The Labute approximate surface area is 89.4 Å². The number of hydrogen-bond acceptors (Lipinski definition) is 3. The lowest BCUT2D eigenvalue weighted by Crippen LogP contribution is -2.32. The average molecular weight is 230 g/mol. The van der Waals surface area contributed by atoms with Gasteiger partial charge in [0.1, 0.15) is 5.75 Å². The third-order valence-corrected chi connectivity index (χ3v) is 2.64. The van der Waals surface area contributed by atoms with Crippen molar-refractivity contribution in [1.29, 1.82) is 0 Å². The van der Waals surface area contributed by atoms with E-state index in [1.54, 1.807) is 38.3 Å². The summed E-state index contributed by atoms with van der Waals surface area (Å²) in [5.41, 5.74) is 0.824. The molecule has 84 valence electrons. The molecule has 0 radical (unpaired) electrons. The van der Waals surface area contributed by atoms with Gasteiger partial charge in [-0.2, -0.15) is 13.1 Å². The number of benzene rings is 1. The van der Waals surface area contributed by atoms with Crippen LogP contribution >= 0.6 is 0 Å². The first-order valence-electron chi connectivity index (χ1n) is 4.36. The van der Waals surface area contributed by atoms with E-state index >= 15 is 0 Å². The van der Waals surface area contributed by atoms with Gasteiger partial charge < -0.3 is 4.74 Å². The highest BCUT2D eigenvalue weighted by atomic mass is 32.2. The Morgan fingerprint density at radius 2 is 1.87 bits per heavy atom. The van der Waals surface area contributed by atoms with Crippen LogP contribution in [0.25, 0.3) is 0 Å². The maximum atomic E-state index is 10.8. The molecule has 0 spiro atoms. The molecule has 0 fully saturated rings. The summed E-state index contributed by atoms with van der Waals surface area (Å²) in [4.78, 5) is 0. The molecule has 6 heteroatoms. The molecule has 0 heterocycles. The van der Waals surface area contributed by atoms with Crippen LogP contribution in [-0.4, -0.2) is 15.5 Å². The van der Waals surface area contributed by atoms with Crippen molar-refractivity contribution in [3.05, 3.63) is 29.8 Å². The van der Waals surface area contributed by atoms with Crippen molar-refractivity contribution in [3.8, 4) is 5.75 Å². The van der Waals surface area contributed by atoms with Gasteiger partial charge in [-0.15, -0.1) is 0 Å². The molecule has 0 aliphatic rings. The van der Waals surface area contributed by atoms with Crippen molar-refractivity contribution in [2.24, 2.45) is 5.14 Å². The van der Waals surface area contributed by atoms with Gasteiger partial charge in [0.15, 0.2) is 0 Å². The SMILES string of the molecule is COc1ccc([C@@H](C)NS(N)(=O)=O)cc1. The van der Waals surface area contributed by atoms with Gasteiger partial charge in [0, 0.05) is 6.04 Å². The zero-order valence-electron chi connectivity index (χ0n) is 8.60. The lowest BCUT2D eigenvalue weighted by molar-refractivity contribution is 0.414. The van der Waals surface area contributed by atoms with Gasteiger partial charge in [0.05, 0.1) is 7.11 Å². The summed E-state index contributed by atoms with van der Waals surface area (Å²) in [6, 6.07) is 6.72. The van der Waals surface area contributed by atoms with Gasteiger partial charge in [-0.1, -0.05) is 12.1 Å². The van der Waals surface area contributed by atoms with Gasteiger partial charge in [-0.3, -0.25) is 0 Å². The minimum absolute atomic E-state index is 0.356. The highest BCUT2D eigenvalue weighted by molar-refractivity contribution is 7.87. The molecule has 0 aliphatic heterocycles. The Kier molecular flexibility index (Phi) is 3.67. The summed E-state index contributed by atoms with van der Waals surface area (Å²) in [6.45, 7) is 1.71. The first kappa shape index (κ1) is 12.0. The standard InChI is InChI=1S/C9H14N2O3S/c1-7(11-15(10,12)13)8-3-5-9(14-2)6-4-8/h3-7,11H,1-2H3,(H2,10,12,13)/t7-/m1/s1. The van der Waals surface area contributed by atoms with Crippen LogP contribution in [0.2, 0.25) is 0 Å². The van der Waals surface area contributed by atoms with E-state index in [1.807, 2.05) is 0 Å². The zero-order chi connectivity index (χ0) is 11.5. The van der Waals surface area contributed by atoms with E-state index < -0.39 is 10.2 Å². The fraction of sp³-hybridized carbons (Fsp3) is 0.333. The third-order valence-electron chi connectivity index (χ3n) is 1.96. The molecule has 0 bridgehead atoms. The molecule has 1 aromatic rings. The molecule has 1 atom stereocenters. The maximum Gasteiger partial charge on any atom is 0.274 e. The Morgan fingerprint density at radius 1 is 1.33 bits per heavy atom. The number of hydrogen-bond donors (Lipinski definition) is 2. The van der Waals surface area contributed by atoms with Crippen molar-refractivity contribution in [1.82, 2.24) is 4.72 Å². The summed E-state index contributed by atoms with van der Waals surface area (Å²) in [5.74, 6) is 0.724. The fourth-order valence-electron chi connectivity index (χ4n) is 1.21. The van der Waals surface area contributed by atoms with Gasteiger partial charge in [0.2, 0.25) is 0 Å². The minimum Gasteiger partial charge on any atom is -0.497 e. The van der Waals surface area contributed by atoms with Crippen molar-refractivity contribution >= 4 is 10.2 Å². The van der Waals surface area contributed by atoms with Crippen molar-refractivity contribution < 1.29 is 13.2 Å². The predicted molar refractivity (Wildman–Crippen MR) is 57.7 cm³/mol. The number of nitrogens with two attached hydrogens (primary N) is 1. The van der Waals surface area contributed by atoms with Gasteiger partial charge in [-0.25, -0.2) is 5.14 Å². The Balaban J connectivity index is 2.78. The summed E-state index contributed by atoms with van der Waals surface area (Å²) >= 11 is 0. The molecule has 0 aliphatic carbocycles. The van der Waals surface area contributed by atoms with E-state index in [2.05, 4.69) is 4.72 Å². The van der Waals surface area contributed by atoms with E-state index in [4.69, 9.17) is 9.88 Å². The first-order chi connectivity index (χ1) is 6.92. The summed E-state index contributed by atoms with van der Waals surface area (Å²) in [5, 5.41) is 4.87. The molecule has 0 saturated carbocycles.